The van der Waals surface area contributed by atoms with E-state index >= 15 is 0 Å². The third-order valence-electron chi connectivity index (χ3n) is 5.40. The first-order valence-electron chi connectivity index (χ1n) is 9.37. The Bertz CT molecular complexity index is 1000. The van der Waals surface area contributed by atoms with Crippen molar-refractivity contribution in [3.63, 3.8) is 0 Å². The van der Waals surface area contributed by atoms with Gasteiger partial charge < -0.3 is 9.80 Å². The summed E-state index contributed by atoms with van der Waals surface area (Å²) >= 11 is 0. The summed E-state index contributed by atoms with van der Waals surface area (Å²) in [6, 6.07) is 5.51. The molecule has 0 spiro atoms. The monoisotopic (exact) mass is 388 g/mol. The minimum Gasteiger partial charge on any atom is -0.368 e. The van der Waals surface area contributed by atoms with E-state index in [2.05, 4.69) is 20.1 Å². The van der Waals surface area contributed by atoms with Crippen molar-refractivity contribution in [2.45, 2.75) is 24.9 Å². The highest BCUT2D eigenvalue weighted by Crippen LogP contribution is 2.39. The molecule has 6 nitrogen and oxygen atoms in total. The highest BCUT2D eigenvalue weighted by molar-refractivity contribution is 5.65. The topological polar surface area (TPSA) is 49.6 Å². The van der Waals surface area contributed by atoms with Crippen LogP contribution in [0.2, 0.25) is 0 Å². The van der Waals surface area contributed by atoms with E-state index in [-0.39, 0.29) is 0 Å². The van der Waals surface area contributed by atoms with Crippen molar-refractivity contribution in [1.82, 2.24) is 19.6 Å². The number of rotatable bonds is 3. The standard InChI is InChI=1S/C19H19F3N6/c20-19(21,22)14-2-1-3-15(12-14)26-8-10-27(11-9-26)17-18-25-24-16(13-4-5-13)28(18)7-6-23-17/h1-3,6-7,12-13H,4-5,8-11H2. The van der Waals surface area contributed by atoms with Crippen molar-refractivity contribution in [1.29, 1.82) is 0 Å². The van der Waals surface area contributed by atoms with Gasteiger partial charge in [0.05, 0.1) is 5.56 Å². The molecule has 1 saturated carbocycles. The highest BCUT2D eigenvalue weighted by atomic mass is 19.4. The molecule has 3 heterocycles. The van der Waals surface area contributed by atoms with Crippen molar-refractivity contribution in [3.05, 3.63) is 48.0 Å². The van der Waals surface area contributed by atoms with Crippen LogP contribution in [0.25, 0.3) is 5.65 Å². The molecular formula is C19H19F3N6. The molecule has 0 amide bonds. The Kier molecular flexibility index (Phi) is 3.92. The zero-order valence-corrected chi connectivity index (χ0v) is 15.1. The van der Waals surface area contributed by atoms with Crippen molar-refractivity contribution >= 4 is 17.2 Å². The number of fused-ring (bicyclic) bond motifs is 1. The van der Waals surface area contributed by atoms with Crippen LogP contribution in [0.15, 0.2) is 36.7 Å². The molecule has 9 heteroatoms. The molecule has 1 saturated heterocycles. The van der Waals surface area contributed by atoms with Gasteiger partial charge in [0, 0.05) is 50.2 Å². The smallest absolute Gasteiger partial charge is 0.368 e. The number of hydrogen-bond acceptors (Lipinski definition) is 5. The third-order valence-corrected chi connectivity index (χ3v) is 5.40. The molecule has 0 radical (unpaired) electrons. The highest BCUT2D eigenvalue weighted by Gasteiger charge is 2.32. The second-order valence-electron chi connectivity index (χ2n) is 7.30. The summed E-state index contributed by atoms with van der Waals surface area (Å²) in [6.45, 7) is 2.56. The van der Waals surface area contributed by atoms with E-state index in [1.165, 1.54) is 12.1 Å². The van der Waals surface area contributed by atoms with Crippen LogP contribution in [0, 0.1) is 0 Å². The Morgan fingerprint density at radius 3 is 2.43 bits per heavy atom. The second kappa shape index (κ2) is 6.35. The van der Waals surface area contributed by atoms with Gasteiger partial charge in [0.1, 0.15) is 5.82 Å². The molecule has 2 aromatic heterocycles. The largest absolute Gasteiger partial charge is 0.416 e. The van der Waals surface area contributed by atoms with Gasteiger partial charge in [-0.05, 0) is 31.0 Å². The van der Waals surface area contributed by atoms with Crippen LogP contribution in [0.1, 0.15) is 30.1 Å². The SMILES string of the molecule is FC(F)(F)c1cccc(N2CCN(c3nccn4c(C5CC5)nnc34)CC2)c1. The zero-order chi connectivity index (χ0) is 19.3. The Hall–Kier alpha value is -2.84. The quantitative estimate of drug-likeness (QED) is 0.689. The molecule has 0 N–H and O–H groups in total. The number of halogens is 3. The molecule has 5 rings (SSSR count). The number of anilines is 2. The first-order chi connectivity index (χ1) is 13.5. The Labute approximate surface area is 159 Å². The maximum atomic E-state index is 13.0. The molecule has 2 aliphatic rings. The molecule has 2 fully saturated rings. The summed E-state index contributed by atoms with van der Waals surface area (Å²) in [5, 5.41) is 8.68. The predicted octanol–water partition coefficient (Wildman–Crippen LogP) is 3.35. The molecule has 0 atom stereocenters. The maximum absolute atomic E-state index is 13.0. The Morgan fingerprint density at radius 2 is 1.71 bits per heavy atom. The van der Waals surface area contributed by atoms with E-state index in [9.17, 15) is 13.2 Å². The van der Waals surface area contributed by atoms with Gasteiger partial charge in [-0.2, -0.15) is 13.2 Å². The van der Waals surface area contributed by atoms with Crippen molar-refractivity contribution < 1.29 is 13.2 Å². The molecular weight excluding hydrogens is 369 g/mol. The first-order valence-corrected chi connectivity index (χ1v) is 9.37. The van der Waals surface area contributed by atoms with Crippen LogP contribution in [0.3, 0.4) is 0 Å². The summed E-state index contributed by atoms with van der Waals surface area (Å²) in [7, 11) is 0. The van der Waals surface area contributed by atoms with E-state index < -0.39 is 11.7 Å². The van der Waals surface area contributed by atoms with E-state index in [4.69, 9.17) is 0 Å². The normalized spacial score (nSPS) is 18.1. The van der Waals surface area contributed by atoms with Gasteiger partial charge in [-0.25, -0.2) is 4.98 Å². The van der Waals surface area contributed by atoms with Gasteiger partial charge in [-0.3, -0.25) is 4.40 Å². The van der Waals surface area contributed by atoms with Crippen LogP contribution in [-0.2, 0) is 6.18 Å². The molecule has 3 aromatic rings. The van der Waals surface area contributed by atoms with Gasteiger partial charge in [0.2, 0.25) is 5.65 Å². The lowest BCUT2D eigenvalue weighted by molar-refractivity contribution is -0.137. The molecule has 1 aliphatic carbocycles. The van der Waals surface area contributed by atoms with E-state index in [1.54, 1.807) is 12.3 Å². The molecule has 28 heavy (non-hydrogen) atoms. The second-order valence-corrected chi connectivity index (χ2v) is 7.30. The lowest BCUT2D eigenvalue weighted by Crippen LogP contribution is -2.47. The number of hydrogen-bond donors (Lipinski definition) is 0. The molecule has 0 unspecified atom stereocenters. The van der Waals surface area contributed by atoms with E-state index in [0.717, 1.165) is 36.2 Å². The molecule has 0 bridgehead atoms. The number of aromatic nitrogens is 4. The molecule has 1 aromatic carbocycles. The van der Waals surface area contributed by atoms with Crippen molar-refractivity contribution in [2.24, 2.45) is 0 Å². The average Bonchev–Trinajstić information content (AvgIpc) is 3.46. The minimum atomic E-state index is -4.33. The van der Waals surface area contributed by atoms with Gasteiger partial charge in [-0.15, -0.1) is 10.2 Å². The molecule has 146 valence electrons. The third kappa shape index (κ3) is 3.04. The summed E-state index contributed by atoms with van der Waals surface area (Å²) in [5.74, 6) is 2.26. The van der Waals surface area contributed by atoms with Crippen LogP contribution in [0.4, 0.5) is 24.7 Å². The fraction of sp³-hybridized carbons (Fsp3) is 0.421. The number of nitrogens with zero attached hydrogens (tertiary/aromatic N) is 6. The zero-order valence-electron chi connectivity index (χ0n) is 15.1. The fourth-order valence-corrected chi connectivity index (χ4v) is 3.73. The summed E-state index contributed by atoms with van der Waals surface area (Å²) in [6.07, 6.45) is 1.62. The first kappa shape index (κ1) is 17.3. The predicted molar refractivity (Wildman–Crippen MR) is 98.6 cm³/mol. The lowest BCUT2D eigenvalue weighted by atomic mass is 10.1. The number of alkyl halides is 3. The van der Waals surface area contributed by atoms with Gasteiger partial charge in [0.25, 0.3) is 0 Å². The van der Waals surface area contributed by atoms with Gasteiger partial charge in [0.15, 0.2) is 5.82 Å². The summed E-state index contributed by atoms with van der Waals surface area (Å²) in [5.41, 5.74) is 0.728. The van der Waals surface area contributed by atoms with Crippen LogP contribution in [-0.4, -0.2) is 45.8 Å². The lowest BCUT2D eigenvalue weighted by Gasteiger charge is -2.36. The summed E-state index contributed by atoms with van der Waals surface area (Å²) < 4.78 is 41.0. The maximum Gasteiger partial charge on any atom is 0.416 e. The van der Waals surface area contributed by atoms with Crippen LogP contribution >= 0.6 is 0 Å². The van der Waals surface area contributed by atoms with E-state index in [0.29, 0.717) is 37.8 Å². The fourth-order valence-electron chi connectivity index (χ4n) is 3.73. The van der Waals surface area contributed by atoms with Gasteiger partial charge >= 0.3 is 6.18 Å². The van der Waals surface area contributed by atoms with Crippen molar-refractivity contribution in [3.8, 4) is 0 Å². The Morgan fingerprint density at radius 1 is 0.964 bits per heavy atom. The van der Waals surface area contributed by atoms with Crippen molar-refractivity contribution in [2.75, 3.05) is 36.0 Å². The molecule has 1 aliphatic heterocycles. The van der Waals surface area contributed by atoms with Crippen LogP contribution in [0.5, 0.6) is 0 Å². The summed E-state index contributed by atoms with van der Waals surface area (Å²) in [4.78, 5) is 8.61. The number of piperazine rings is 1. The van der Waals surface area contributed by atoms with Gasteiger partial charge in [-0.1, -0.05) is 6.07 Å². The average molecular weight is 388 g/mol. The van der Waals surface area contributed by atoms with E-state index in [1.807, 2.05) is 15.5 Å². The minimum absolute atomic E-state index is 0.489. The number of benzene rings is 1. The van der Waals surface area contributed by atoms with Crippen LogP contribution < -0.4 is 9.80 Å². The Balaban J connectivity index is 1.35.